The summed E-state index contributed by atoms with van der Waals surface area (Å²) in [7, 11) is -7.85. The van der Waals surface area contributed by atoms with Crippen molar-refractivity contribution in [3.05, 3.63) is 11.6 Å². The minimum Gasteiger partial charge on any atom is -0.449 e. The number of amides is 1. The molecule has 15 heteroatoms. The number of nitrogens with two attached hydrogens (primary N) is 1. The fourth-order valence-electron chi connectivity index (χ4n) is 2.93. The van der Waals surface area contributed by atoms with Gasteiger partial charge in [-0.2, -0.15) is 0 Å². The molecule has 1 amide bonds. The number of hydrogen-bond acceptors (Lipinski definition) is 11. The standard InChI is InChI=1S/C14H23N3O9S3/c1-3-16(14(18)25-5-4-6-26-17(19)20)11-7-9(2)28(21,22)13-10(11)8-12(27-13)29(15,23)24/h8-9,11,19-20H,3-7H2,1-2H3,(H2,15,23,24)/t9?,11-/m0/s1. The lowest BCUT2D eigenvalue weighted by Gasteiger charge is -2.35. The van der Waals surface area contributed by atoms with E-state index >= 15 is 0 Å². The van der Waals surface area contributed by atoms with E-state index in [1.807, 2.05) is 0 Å². The first kappa shape index (κ1) is 23.9. The Morgan fingerprint density at radius 1 is 1.38 bits per heavy atom. The molecule has 0 aliphatic carbocycles. The number of carbonyl (C=O) groups excluding carboxylic acids is 1. The number of sulfonamides is 1. The molecule has 4 N–H and O–H groups in total. The SMILES string of the molecule is CCN(C(=O)OCCCON(O)O)[C@H]1CC(C)S(=O)(=O)c2sc(S(N)(=O)=O)cc21. The molecule has 2 rings (SSSR count). The molecule has 1 aromatic rings. The number of hydrogen-bond donors (Lipinski definition) is 3. The second-order valence-corrected chi connectivity index (χ2v) is 11.7. The Labute approximate surface area is 172 Å². The topological polar surface area (TPSA) is 177 Å². The summed E-state index contributed by atoms with van der Waals surface area (Å²) in [5.41, 5.74) is 0.204. The van der Waals surface area contributed by atoms with E-state index in [0.717, 1.165) is 0 Å². The first-order valence-electron chi connectivity index (χ1n) is 8.54. The quantitative estimate of drug-likeness (QED) is 0.362. The summed E-state index contributed by atoms with van der Waals surface area (Å²) in [6.45, 7) is 3.17. The summed E-state index contributed by atoms with van der Waals surface area (Å²) in [4.78, 5) is 18.2. The van der Waals surface area contributed by atoms with Gasteiger partial charge in [0.1, 0.15) is 8.42 Å². The van der Waals surface area contributed by atoms with E-state index in [0.29, 0.717) is 11.3 Å². The molecule has 29 heavy (non-hydrogen) atoms. The van der Waals surface area contributed by atoms with Gasteiger partial charge in [-0.15, -0.1) is 11.3 Å². The Kier molecular flexibility index (Phi) is 7.61. The fraction of sp³-hybridized carbons (Fsp3) is 0.643. The van der Waals surface area contributed by atoms with E-state index in [1.54, 1.807) is 6.92 Å². The maximum absolute atomic E-state index is 12.7. The number of sulfone groups is 1. The van der Waals surface area contributed by atoms with Crippen LogP contribution in [0.1, 0.15) is 38.3 Å². The molecule has 0 aromatic carbocycles. The molecule has 1 unspecified atom stereocenters. The predicted molar refractivity (Wildman–Crippen MR) is 99.4 cm³/mol. The van der Waals surface area contributed by atoms with E-state index in [1.165, 1.54) is 17.9 Å². The molecule has 12 nitrogen and oxygen atoms in total. The van der Waals surface area contributed by atoms with Crippen molar-refractivity contribution in [2.45, 2.75) is 46.4 Å². The third-order valence-electron chi connectivity index (χ3n) is 4.36. The van der Waals surface area contributed by atoms with Crippen LogP contribution in [0.25, 0.3) is 0 Å². The van der Waals surface area contributed by atoms with Gasteiger partial charge in [-0.25, -0.2) is 26.8 Å². The number of carbonyl (C=O) groups is 1. The number of thiophene rings is 1. The average Bonchev–Trinajstić information content (AvgIpc) is 3.06. The highest BCUT2D eigenvalue weighted by atomic mass is 32.3. The van der Waals surface area contributed by atoms with Crippen LogP contribution >= 0.6 is 11.3 Å². The molecule has 1 aromatic heterocycles. The van der Waals surface area contributed by atoms with E-state index in [2.05, 4.69) is 4.84 Å². The maximum Gasteiger partial charge on any atom is 0.410 e. The average molecular weight is 474 g/mol. The highest BCUT2D eigenvalue weighted by molar-refractivity contribution is 7.95. The van der Waals surface area contributed by atoms with Crippen LogP contribution in [0.15, 0.2) is 14.5 Å². The van der Waals surface area contributed by atoms with Crippen LogP contribution in [-0.4, -0.2) is 68.6 Å². The minimum absolute atomic E-state index is 0.0756. The van der Waals surface area contributed by atoms with Gasteiger partial charge in [-0.1, -0.05) is 0 Å². The second-order valence-electron chi connectivity index (χ2n) is 6.30. The minimum atomic E-state index is -4.11. The summed E-state index contributed by atoms with van der Waals surface area (Å²) >= 11 is 0.575. The number of rotatable bonds is 8. The van der Waals surface area contributed by atoms with Gasteiger partial charge in [0.15, 0.2) is 9.84 Å². The first-order valence-corrected chi connectivity index (χ1v) is 12.4. The smallest absolute Gasteiger partial charge is 0.410 e. The third-order valence-corrected chi connectivity index (χ3v) is 9.67. The molecule has 2 atom stereocenters. The zero-order chi connectivity index (χ0) is 22.0. The highest BCUT2D eigenvalue weighted by Crippen LogP contribution is 2.45. The molecule has 0 bridgehead atoms. The van der Waals surface area contributed by atoms with Crippen molar-refractivity contribution in [3.8, 4) is 0 Å². The normalized spacial score (nSPS) is 21.0. The number of ether oxygens (including phenoxy) is 1. The van der Waals surface area contributed by atoms with Crippen LogP contribution in [0.3, 0.4) is 0 Å². The van der Waals surface area contributed by atoms with Crippen LogP contribution in [0.4, 0.5) is 4.79 Å². The van der Waals surface area contributed by atoms with Crippen molar-refractivity contribution < 1.29 is 41.6 Å². The molecule has 0 saturated heterocycles. The Balaban J connectivity index is 2.26. The van der Waals surface area contributed by atoms with Gasteiger partial charge in [-0.05, 0) is 26.3 Å². The van der Waals surface area contributed by atoms with Crippen molar-refractivity contribution in [2.24, 2.45) is 5.14 Å². The molecule has 1 aliphatic heterocycles. The van der Waals surface area contributed by atoms with Crippen molar-refractivity contribution in [1.29, 1.82) is 0 Å². The van der Waals surface area contributed by atoms with Gasteiger partial charge < -0.3 is 9.64 Å². The lowest BCUT2D eigenvalue weighted by atomic mass is 10.0. The Bertz CT molecular complexity index is 943. The first-order chi connectivity index (χ1) is 13.4. The zero-order valence-corrected chi connectivity index (χ0v) is 18.2. The molecule has 0 radical (unpaired) electrons. The van der Waals surface area contributed by atoms with Crippen LogP contribution < -0.4 is 5.14 Å². The van der Waals surface area contributed by atoms with E-state index in [-0.39, 0.29) is 46.6 Å². The number of primary sulfonamides is 1. The van der Waals surface area contributed by atoms with E-state index in [9.17, 15) is 21.6 Å². The van der Waals surface area contributed by atoms with Crippen molar-refractivity contribution in [3.63, 3.8) is 0 Å². The highest BCUT2D eigenvalue weighted by Gasteiger charge is 2.42. The summed E-state index contributed by atoms with van der Waals surface area (Å²) in [6.07, 6.45) is -0.468. The van der Waals surface area contributed by atoms with Gasteiger partial charge in [0.25, 0.3) is 0 Å². The van der Waals surface area contributed by atoms with Gasteiger partial charge in [0.2, 0.25) is 10.0 Å². The largest absolute Gasteiger partial charge is 0.449 e. The molecule has 1 aliphatic rings. The lowest BCUT2D eigenvalue weighted by molar-refractivity contribution is -0.492. The summed E-state index contributed by atoms with van der Waals surface area (Å²) < 4.78 is 53.5. The Hall–Kier alpha value is -1.33. The molecule has 166 valence electrons. The molecule has 0 fully saturated rings. The fourth-order valence-corrected chi connectivity index (χ4v) is 7.33. The second kappa shape index (κ2) is 9.22. The lowest BCUT2D eigenvalue weighted by Crippen LogP contribution is -2.40. The third kappa shape index (κ3) is 5.43. The van der Waals surface area contributed by atoms with Gasteiger partial charge in [0.05, 0.1) is 29.9 Å². The van der Waals surface area contributed by atoms with Crippen molar-refractivity contribution >= 4 is 37.3 Å². The molecule has 2 heterocycles. The predicted octanol–water partition coefficient (Wildman–Crippen LogP) is 0.863. The van der Waals surface area contributed by atoms with Crippen molar-refractivity contribution in [1.82, 2.24) is 10.3 Å². The van der Waals surface area contributed by atoms with E-state index in [4.69, 9.17) is 20.3 Å². The number of fused-ring (bicyclic) bond motifs is 1. The van der Waals surface area contributed by atoms with Gasteiger partial charge >= 0.3 is 6.09 Å². The summed E-state index contributed by atoms with van der Waals surface area (Å²) in [6, 6.07) is 0.499. The molecule has 0 spiro atoms. The molecular formula is C14H23N3O9S3. The summed E-state index contributed by atoms with van der Waals surface area (Å²) in [5.74, 6) is 0. The number of nitrogens with zero attached hydrogens (tertiary/aromatic N) is 2. The van der Waals surface area contributed by atoms with Crippen LogP contribution in [-0.2, 0) is 29.4 Å². The molecule has 0 saturated carbocycles. The zero-order valence-electron chi connectivity index (χ0n) is 15.7. The van der Waals surface area contributed by atoms with E-state index < -0.39 is 42.6 Å². The maximum atomic E-state index is 12.7. The monoisotopic (exact) mass is 473 g/mol. The van der Waals surface area contributed by atoms with Crippen molar-refractivity contribution in [2.75, 3.05) is 19.8 Å². The van der Waals surface area contributed by atoms with Gasteiger partial charge in [-0.3, -0.25) is 15.3 Å². The van der Waals surface area contributed by atoms with Gasteiger partial charge in [0, 0.05) is 18.5 Å². The Morgan fingerprint density at radius 2 is 2.03 bits per heavy atom. The van der Waals surface area contributed by atoms with Crippen LogP contribution in [0, 0.1) is 0 Å². The van der Waals surface area contributed by atoms with Crippen LogP contribution in [0.2, 0.25) is 0 Å². The summed E-state index contributed by atoms with van der Waals surface area (Å²) in [5, 5.41) is 20.7. The Morgan fingerprint density at radius 3 is 2.59 bits per heavy atom. The van der Waals surface area contributed by atoms with Crippen LogP contribution in [0.5, 0.6) is 0 Å². The molecular weight excluding hydrogens is 450 g/mol.